The summed E-state index contributed by atoms with van der Waals surface area (Å²) in [5, 5.41) is 14.6. The van der Waals surface area contributed by atoms with E-state index in [0.29, 0.717) is 0 Å². The predicted molar refractivity (Wildman–Crippen MR) is 49.0 cm³/mol. The van der Waals surface area contributed by atoms with Crippen LogP contribution in [0, 0.1) is 22.7 Å². The molecular formula is C10H12N2. The first kappa shape index (κ1) is 12.8. The van der Waals surface area contributed by atoms with E-state index in [1.807, 2.05) is 36.4 Å². The molecule has 0 spiro atoms. The van der Waals surface area contributed by atoms with Gasteiger partial charge >= 0.3 is 0 Å². The van der Waals surface area contributed by atoms with Gasteiger partial charge in [-0.3, -0.25) is 0 Å². The Labute approximate surface area is 73.7 Å². The molecule has 0 N–H and O–H groups in total. The van der Waals surface area contributed by atoms with E-state index in [1.165, 1.54) is 13.8 Å². The minimum absolute atomic E-state index is 1.43. The third-order valence-electron chi connectivity index (χ3n) is 0.667. The van der Waals surface area contributed by atoms with Gasteiger partial charge in [0, 0.05) is 13.8 Å². The molecular weight excluding hydrogens is 148 g/mol. The molecule has 0 radical (unpaired) electrons. The lowest BCUT2D eigenvalue weighted by atomic mass is 10.4. The molecule has 2 heteroatoms. The first-order valence-corrected chi connectivity index (χ1v) is 3.45. The van der Waals surface area contributed by atoms with Gasteiger partial charge in [-0.25, -0.2) is 0 Å². The summed E-state index contributed by atoms with van der Waals surface area (Å²) < 4.78 is 0. The lowest BCUT2D eigenvalue weighted by Crippen LogP contribution is -1.47. The highest BCUT2D eigenvalue weighted by Crippen LogP contribution is 1.79. The molecule has 1 aromatic carbocycles. The van der Waals surface area contributed by atoms with Crippen LogP contribution in [0.3, 0.4) is 0 Å². The van der Waals surface area contributed by atoms with E-state index in [9.17, 15) is 0 Å². The minimum atomic E-state index is 1.43. The van der Waals surface area contributed by atoms with Crippen LogP contribution in [-0.2, 0) is 0 Å². The first-order chi connectivity index (χ1) is 5.83. The average molecular weight is 160 g/mol. The fourth-order valence-electron chi connectivity index (χ4n) is 0.385. The van der Waals surface area contributed by atoms with Crippen LogP contribution in [0.5, 0.6) is 0 Å². The van der Waals surface area contributed by atoms with E-state index < -0.39 is 0 Å². The number of hydrogen-bond acceptors (Lipinski definition) is 2. The molecule has 0 saturated carbocycles. The van der Waals surface area contributed by atoms with Crippen LogP contribution in [0.2, 0.25) is 0 Å². The maximum absolute atomic E-state index is 7.32. The van der Waals surface area contributed by atoms with Gasteiger partial charge in [0.1, 0.15) is 0 Å². The van der Waals surface area contributed by atoms with Crippen LogP contribution in [0.4, 0.5) is 0 Å². The van der Waals surface area contributed by atoms with Crippen molar-refractivity contribution in [2.75, 3.05) is 0 Å². The molecule has 0 fully saturated rings. The summed E-state index contributed by atoms with van der Waals surface area (Å²) in [5.74, 6) is 0. The van der Waals surface area contributed by atoms with Crippen molar-refractivity contribution in [1.29, 1.82) is 10.5 Å². The van der Waals surface area contributed by atoms with Crippen molar-refractivity contribution in [2.24, 2.45) is 0 Å². The van der Waals surface area contributed by atoms with Gasteiger partial charge < -0.3 is 0 Å². The molecule has 0 heterocycles. The zero-order valence-electron chi connectivity index (χ0n) is 7.36. The van der Waals surface area contributed by atoms with Crippen molar-refractivity contribution in [1.82, 2.24) is 0 Å². The van der Waals surface area contributed by atoms with Gasteiger partial charge in [-0.15, -0.1) is 0 Å². The summed E-state index contributed by atoms with van der Waals surface area (Å²) in [6, 6.07) is 15.5. The van der Waals surface area contributed by atoms with Crippen LogP contribution >= 0.6 is 0 Å². The summed E-state index contributed by atoms with van der Waals surface area (Å²) in [4.78, 5) is 0. The normalized spacial score (nSPS) is 5.33. The van der Waals surface area contributed by atoms with Crippen molar-refractivity contribution in [3.8, 4) is 12.1 Å². The van der Waals surface area contributed by atoms with E-state index in [1.54, 1.807) is 12.1 Å². The highest BCUT2D eigenvalue weighted by atomic mass is 14.2. The molecule has 0 bridgehead atoms. The zero-order chi connectivity index (χ0) is 9.66. The highest BCUT2D eigenvalue weighted by Gasteiger charge is 1.57. The summed E-state index contributed by atoms with van der Waals surface area (Å²) >= 11 is 0. The SMILES string of the molecule is CC#N.CC#N.c1ccccc1. The number of nitriles is 2. The van der Waals surface area contributed by atoms with E-state index in [4.69, 9.17) is 10.5 Å². The third-order valence-corrected chi connectivity index (χ3v) is 0.667. The van der Waals surface area contributed by atoms with Gasteiger partial charge in [-0.2, -0.15) is 10.5 Å². The standard InChI is InChI=1S/C6H6.2C2H3N/c1-2-4-6-5-3-1;2*1-2-3/h1-6H;2*1H3. The fraction of sp³-hybridized carbons (Fsp3) is 0.200. The van der Waals surface area contributed by atoms with Gasteiger partial charge in [0.05, 0.1) is 12.1 Å². The molecule has 0 aliphatic rings. The van der Waals surface area contributed by atoms with Crippen LogP contribution < -0.4 is 0 Å². The summed E-state index contributed by atoms with van der Waals surface area (Å²) in [6.07, 6.45) is 0. The van der Waals surface area contributed by atoms with Crippen molar-refractivity contribution in [2.45, 2.75) is 13.8 Å². The van der Waals surface area contributed by atoms with Gasteiger partial charge in [-0.1, -0.05) is 36.4 Å². The Morgan fingerprint density at radius 2 is 0.750 bits per heavy atom. The molecule has 2 nitrogen and oxygen atoms in total. The zero-order valence-corrected chi connectivity index (χ0v) is 7.36. The molecule has 1 aromatic rings. The van der Waals surface area contributed by atoms with Gasteiger partial charge in [0.15, 0.2) is 0 Å². The second-order valence-electron chi connectivity index (χ2n) is 1.60. The summed E-state index contributed by atoms with van der Waals surface area (Å²) in [7, 11) is 0. The van der Waals surface area contributed by atoms with Crippen LogP contribution in [0.1, 0.15) is 13.8 Å². The Morgan fingerprint density at radius 3 is 0.833 bits per heavy atom. The van der Waals surface area contributed by atoms with Crippen molar-refractivity contribution in [3.05, 3.63) is 36.4 Å². The predicted octanol–water partition coefficient (Wildman–Crippen LogP) is 2.75. The van der Waals surface area contributed by atoms with Crippen LogP contribution in [0.25, 0.3) is 0 Å². The van der Waals surface area contributed by atoms with E-state index >= 15 is 0 Å². The summed E-state index contributed by atoms with van der Waals surface area (Å²) in [5.41, 5.74) is 0. The lowest BCUT2D eigenvalue weighted by Gasteiger charge is -1.69. The molecule has 1 rings (SSSR count). The van der Waals surface area contributed by atoms with Gasteiger partial charge in [0.25, 0.3) is 0 Å². The van der Waals surface area contributed by atoms with Crippen LogP contribution in [-0.4, -0.2) is 0 Å². The minimum Gasteiger partial charge on any atom is -0.199 e. The summed E-state index contributed by atoms with van der Waals surface area (Å²) in [6.45, 7) is 2.86. The largest absolute Gasteiger partial charge is 0.199 e. The molecule has 0 aromatic heterocycles. The van der Waals surface area contributed by atoms with E-state index in [2.05, 4.69) is 0 Å². The Kier molecular flexibility index (Phi) is 17.2. The average Bonchev–Trinajstić information content (AvgIpc) is 2.10. The quantitative estimate of drug-likeness (QED) is 0.585. The fourth-order valence-corrected chi connectivity index (χ4v) is 0.385. The molecule has 0 atom stereocenters. The topological polar surface area (TPSA) is 47.6 Å². The van der Waals surface area contributed by atoms with Crippen LogP contribution in [0.15, 0.2) is 36.4 Å². The van der Waals surface area contributed by atoms with Crippen molar-refractivity contribution in [3.63, 3.8) is 0 Å². The Balaban J connectivity index is 0. The molecule has 62 valence electrons. The number of benzene rings is 1. The van der Waals surface area contributed by atoms with Gasteiger partial charge in [-0.05, 0) is 0 Å². The van der Waals surface area contributed by atoms with E-state index in [-0.39, 0.29) is 0 Å². The maximum atomic E-state index is 7.32. The second-order valence-corrected chi connectivity index (χ2v) is 1.60. The number of rotatable bonds is 0. The van der Waals surface area contributed by atoms with Crippen molar-refractivity contribution < 1.29 is 0 Å². The van der Waals surface area contributed by atoms with Crippen molar-refractivity contribution >= 4 is 0 Å². The third kappa shape index (κ3) is 24.1. The van der Waals surface area contributed by atoms with E-state index in [0.717, 1.165) is 0 Å². The first-order valence-electron chi connectivity index (χ1n) is 3.45. The Bertz CT molecular complexity index is 190. The molecule has 0 saturated heterocycles. The monoisotopic (exact) mass is 160 g/mol. The maximum Gasteiger partial charge on any atom is 0.0587 e. The highest BCUT2D eigenvalue weighted by molar-refractivity contribution is 4.99. The number of hydrogen-bond donors (Lipinski definition) is 0. The molecule has 12 heavy (non-hydrogen) atoms. The number of nitrogens with zero attached hydrogens (tertiary/aromatic N) is 2. The van der Waals surface area contributed by atoms with Gasteiger partial charge in [0.2, 0.25) is 0 Å². The smallest absolute Gasteiger partial charge is 0.0587 e. The molecule has 0 aliphatic heterocycles. The second kappa shape index (κ2) is 16.1. The molecule has 0 amide bonds. The lowest BCUT2D eigenvalue weighted by molar-refractivity contribution is 1.49. The Morgan fingerprint density at radius 1 is 0.667 bits per heavy atom. The molecule has 0 aliphatic carbocycles. The molecule has 0 unspecified atom stereocenters. The Hall–Kier alpha value is -1.80.